The lowest BCUT2D eigenvalue weighted by Gasteiger charge is -2.30. The maximum Gasteiger partial charge on any atom is 0.407 e. The van der Waals surface area contributed by atoms with E-state index in [1.807, 2.05) is 13.8 Å². The summed E-state index contributed by atoms with van der Waals surface area (Å²) in [4.78, 5) is 39.6. The molecule has 1 fully saturated rings. The number of hydrogen-bond acceptors (Lipinski definition) is 4. The van der Waals surface area contributed by atoms with E-state index in [0.29, 0.717) is 55.3 Å². The highest BCUT2D eigenvalue weighted by Gasteiger charge is 2.26. The van der Waals surface area contributed by atoms with Crippen molar-refractivity contribution in [3.05, 3.63) is 33.9 Å². The molecule has 9 heteroatoms. The molecule has 1 aliphatic rings. The van der Waals surface area contributed by atoms with Crippen LogP contribution in [0.1, 0.15) is 48.7 Å². The molecule has 0 saturated carbocycles. The maximum absolute atomic E-state index is 12.4. The third-order valence-corrected chi connectivity index (χ3v) is 4.63. The van der Waals surface area contributed by atoms with Crippen LogP contribution >= 0.6 is 0 Å². The highest BCUT2D eigenvalue weighted by molar-refractivity contribution is 5.99. The molecule has 26 heavy (non-hydrogen) atoms. The summed E-state index contributed by atoms with van der Waals surface area (Å²) >= 11 is 0. The topological polar surface area (TPSA) is 120 Å². The Morgan fingerprint density at radius 3 is 2.69 bits per heavy atom. The molecule has 2 aromatic heterocycles. The van der Waals surface area contributed by atoms with Gasteiger partial charge in [-0.15, -0.1) is 0 Å². The van der Waals surface area contributed by atoms with Crippen LogP contribution < -0.4 is 10.9 Å². The molecule has 140 valence electrons. The van der Waals surface area contributed by atoms with Crippen LogP contribution in [-0.2, 0) is 0 Å². The first-order valence-corrected chi connectivity index (χ1v) is 8.74. The lowest BCUT2D eigenvalue weighted by Crippen LogP contribution is -2.37. The third-order valence-electron chi connectivity index (χ3n) is 4.63. The minimum atomic E-state index is -0.928. The van der Waals surface area contributed by atoms with Crippen LogP contribution in [0.15, 0.2) is 17.1 Å². The van der Waals surface area contributed by atoms with Crippen LogP contribution in [0, 0.1) is 5.92 Å². The lowest BCUT2D eigenvalue weighted by atomic mass is 9.93. The summed E-state index contributed by atoms with van der Waals surface area (Å²) in [7, 11) is 0. The van der Waals surface area contributed by atoms with Crippen LogP contribution in [0.5, 0.6) is 0 Å². The normalized spacial score (nSPS) is 15.6. The van der Waals surface area contributed by atoms with Gasteiger partial charge in [-0.05, 0) is 18.8 Å². The Balaban J connectivity index is 1.90. The minimum Gasteiger partial charge on any atom is -0.465 e. The number of likely N-dealkylation sites (tertiary alicyclic amines) is 1. The lowest BCUT2D eigenvalue weighted by molar-refractivity contribution is 0.0950. The predicted octanol–water partition coefficient (Wildman–Crippen LogP) is 1.27. The monoisotopic (exact) mass is 361 g/mol. The number of fused-ring (bicyclic) bond motifs is 1. The fourth-order valence-corrected chi connectivity index (χ4v) is 3.23. The van der Waals surface area contributed by atoms with Crippen molar-refractivity contribution in [1.29, 1.82) is 0 Å². The Morgan fingerprint density at radius 1 is 1.38 bits per heavy atom. The predicted molar refractivity (Wildman–Crippen MR) is 94.6 cm³/mol. The van der Waals surface area contributed by atoms with Gasteiger partial charge in [0.25, 0.3) is 11.5 Å². The second-order valence-corrected chi connectivity index (χ2v) is 7.02. The van der Waals surface area contributed by atoms with Crippen LogP contribution in [0.2, 0.25) is 0 Å². The smallest absolute Gasteiger partial charge is 0.407 e. The Hall–Kier alpha value is -2.84. The Labute approximate surface area is 150 Å². The van der Waals surface area contributed by atoms with Crippen molar-refractivity contribution < 1.29 is 14.7 Å². The van der Waals surface area contributed by atoms with Gasteiger partial charge in [0.2, 0.25) is 0 Å². The molecule has 9 nitrogen and oxygen atoms in total. The second-order valence-electron chi connectivity index (χ2n) is 7.02. The van der Waals surface area contributed by atoms with Gasteiger partial charge in [-0.25, -0.2) is 9.31 Å². The van der Waals surface area contributed by atoms with Gasteiger partial charge in [-0.3, -0.25) is 9.59 Å². The number of hydrogen-bond donors (Lipinski definition) is 3. The van der Waals surface area contributed by atoms with Crippen molar-refractivity contribution in [1.82, 2.24) is 24.8 Å². The van der Waals surface area contributed by atoms with Crippen LogP contribution in [0.25, 0.3) is 5.65 Å². The Morgan fingerprint density at radius 2 is 2.08 bits per heavy atom. The average Bonchev–Trinajstić information content (AvgIpc) is 3.02. The summed E-state index contributed by atoms with van der Waals surface area (Å²) in [6.07, 6.45) is 1.75. The highest BCUT2D eigenvalue weighted by Crippen LogP contribution is 2.27. The molecule has 3 rings (SSSR count). The molecule has 0 aliphatic carbocycles. The molecule has 0 atom stereocenters. The molecule has 3 heterocycles. The molecular weight excluding hydrogens is 338 g/mol. The molecule has 0 aromatic carbocycles. The van der Waals surface area contributed by atoms with Crippen molar-refractivity contribution in [2.75, 3.05) is 19.6 Å². The average molecular weight is 361 g/mol. The van der Waals surface area contributed by atoms with E-state index in [0.717, 1.165) is 0 Å². The van der Waals surface area contributed by atoms with Gasteiger partial charge in [0.05, 0.1) is 11.9 Å². The number of nitrogens with one attached hydrogen (secondary N) is 2. The fourth-order valence-electron chi connectivity index (χ4n) is 3.23. The number of carbonyl (C=O) groups is 2. The number of amides is 2. The SMILES string of the molecule is CC(C)CNC(=O)c1cnn2c(C3CCN(C(=O)O)CC3)cc(=O)[nH]c12. The molecule has 1 saturated heterocycles. The molecule has 3 N–H and O–H groups in total. The highest BCUT2D eigenvalue weighted by atomic mass is 16.4. The van der Waals surface area contributed by atoms with Crippen molar-refractivity contribution in [3.63, 3.8) is 0 Å². The summed E-state index contributed by atoms with van der Waals surface area (Å²) < 4.78 is 1.59. The zero-order valence-electron chi connectivity index (χ0n) is 14.9. The standard InChI is InChI=1S/C17H23N5O4/c1-10(2)8-18-16(24)12-9-19-22-13(7-14(23)20-15(12)22)11-3-5-21(6-4-11)17(25)26/h7,9-11H,3-6,8H2,1-2H3,(H,18,24)(H,20,23)(H,25,26). The third kappa shape index (κ3) is 3.56. The Kier molecular flexibility index (Phi) is 4.97. The summed E-state index contributed by atoms with van der Waals surface area (Å²) in [5.41, 5.74) is 1.10. The van der Waals surface area contributed by atoms with Crippen LogP contribution in [0.3, 0.4) is 0 Å². The van der Waals surface area contributed by atoms with Gasteiger partial charge in [-0.2, -0.15) is 5.10 Å². The van der Waals surface area contributed by atoms with Crippen molar-refractivity contribution in [3.8, 4) is 0 Å². The number of aromatic nitrogens is 3. The van der Waals surface area contributed by atoms with E-state index in [9.17, 15) is 14.4 Å². The molecule has 0 unspecified atom stereocenters. The van der Waals surface area contributed by atoms with E-state index in [4.69, 9.17) is 5.11 Å². The summed E-state index contributed by atoms with van der Waals surface area (Å²) in [5.74, 6) is 0.0545. The summed E-state index contributed by atoms with van der Waals surface area (Å²) in [6.45, 7) is 5.36. The first-order valence-electron chi connectivity index (χ1n) is 8.74. The van der Waals surface area contributed by atoms with Gasteiger partial charge in [0, 0.05) is 31.6 Å². The quantitative estimate of drug-likeness (QED) is 0.757. The molecule has 2 aromatic rings. The Bertz CT molecular complexity index is 877. The van der Waals surface area contributed by atoms with E-state index in [1.54, 1.807) is 4.52 Å². The second kappa shape index (κ2) is 7.19. The molecular formula is C17H23N5O4. The fraction of sp³-hybridized carbons (Fsp3) is 0.529. The van der Waals surface area contributed by atoms with Crippen molar-refractivity contribution >= 4 is 17.6 Å². The van der Waals surface area contributed by atoms with Crippen molar-refractivity contribution in [2.45, 2.75) is 32.6 Å². The number of rotatable bonds is 4. The van der Waals surface area contributed by atoms with E-state index in [1.165, 1.54) is 17.2 Å². The number of carboxylic acid groups (broad SMARTS) is 1. The maximum atomic E-state index is 12.4. The van der Waals surface area contributed by atoms with E-state index < -0.39 is 6.09 Å². The van der Waals surface area contributed by atoms with E-state index in [-0.39, 0.29) is 17.4 Å². The number of aromatic amines is 1. The summed E-state index contributed by atoms with van der Waals surface area (Å²) in [5, 5.41) is 16.2. The van der Waals surface area contributed by atoms with E-state index in [2.05, 4.69) is 15.4 Å². The van der Waals surface area contributed by atoms with Gasteiger partial charge in [0.15, 0.2) is 0 Å². The van der Waals surface area contributed by atoms with Gasteiger partial charge in [0.1, 0.15) is 11.2 Å². The molecule has 1 aliphatic heterocycles. The zero-order chi connectivity index (χ0) is 18.8. The number of nitrogens with zero attached hydrogens (tertiary/aromatic N) is 3. The van der Waals surface area contributed by atoms with Gasteiger partial charge < -0.3 is 20.3 Å². The largest absolute Gasteiger partial charge is 0.465 e. The first kappa shape index (κ1) is 18.0. The zero-order valence-corrected chi connectivity index (χ0v) is 14.9. The van der Waals surface area contributed by atoms with Gasteiger partial charge in [-0.1, -0.05) is 13.8 Å². The minimum absolute atomic E-state index is 0.0156. The van der Waals surface area contributed by atoms with Gasteiger partial charge >= 0.3 is 6.09 Å². The number of piperidine rings is 1. The molecule has 0 spiro atoms. The molecule has 0 radical (unpaired) electrons. The number of carbonyl (C=O) groups excluding carboxylic acids is 1. The molecule has 0 bridgehead atoms. The van der Waals surface area contributed by atoms with Crippen molar-refractivity contribution in [2.24, 2.45) is 5.92 Å². The van der Waals surface area contributed by atoms with Crippen LogP contribution in [-0.4, -0.2) is 56.2 Å². The first-order chi connectivity index (χ1) is 12.4. The van der Waals surface area contributed by atoms with E-state index >= 15 is 0 Å². The van der Waals surface area contributed by atoms with Crippen LogP contribution in [0.4, 0.5) is 4.79 Å². The summed E-state index contributed by atoms with van der Waals surface area (Å²) in [6, 6.07) is 1.48. The number of H-pyrrole nitrogens is 1. The molecule has 2 amide bonds.